The molecule has 1 aromatic heterocycles. The topological polar surface area (TPSA) is 112 Å². The van der Waals surface area contributed by atoms with Crippen molar-refractivity contribution < 1.29 is 19.9 Å². The maximum absolute atomic E-state index is 12.7. The number of aldehydes is 1. The van der Waals surface area contributed by atoms with Gasteiger partial charge < -0.3 is 10.4 Å². The highest BCUT2D eigenvalue weighted by atomic mass is 79.9. The number of aromatic nitrogens is 1. The average molecular weight is 561 g/mol. The number of phenols is 1. The zero-order chi connectivity index (χ0) is 24.9. The number of fused-ring (bicyclic) bond motifs is 5. The molecule has 4 N–H and O–H groups in total. The number of allylic oxidation sites excluding steroid dienone is 2. The number of carbonyl (C=O) groups is 2. The molecule has 5 rings (SSSR count). The van der Waals surface area contributed by atoms with Gasteiger partial charge in [-0.05, 0) is 95.8 Å². The van der Waals surface area contributed by atoms with E-state index in [1.807, 2.05) is 13.0 Å². The summed E-state index contributed by atoms with van der Waals surface area (Å²) in [5.41, 5.74) is 5.69. The summed E-state index contributed by atoms with van der Waals surface area (Å²) >= 11 is 5.01. The first-order valence-electron chi connectivity index (χ1n) is 12.1. The number of aromatic hydroxyl groups is 1. The second kappa shape index (κ2) is 9.33. The number of nitrogens with one attached hydrogen (secondary N) is 2. The van der Waals surface area contributed by atoms with Gasteiger partial charge in [0, 0.05) is 28.5 Å². The average Bonchev–Trinajstić information content (AvgIpc) is 3.36. The van der Waals surface area contributed by atoms with Crippen LogP contribution in [0.2, 0.25) is 0 Å². The third kappa shape index (κ3) is 4.01. The Morgan fingerprint density at radius 3 is 2.86 bits per heavy atom. The number of hydrogen-bond acceptors (Lipinski definition) is 7. The number of nitrogens with zero attached hydrogens (tertiary/aromatic N) is 1. The van der Waals surface area contributed by atoms with E-state index in [9.17, 15) is 19.9 Å². The Kier molecular flexibility index (Phi) is 6.52. The number of anilines is 1. The fraction of sp³-hybridized carbons (Fsp3) is 0.500. The van der Waals surface area contributed by atoms with Crippen molar-refractivity contribution in [2.24, 2.45) is 23.2 Å². The van der Waals surface area contributed by atoms with Crippen molar-refractivity contribution in [1.82, 2.24) is 10.5 Å². The molecule has 186 valence electrons. The molecule has 7 nitrogen and oxygen atoms in total. The zero-order valence-electron chi connectivity index (χ0n) is 19.8. The predicted molar refractivity (Wildman–Crippen MR) is 137 cm³/mol. The Balaban J connectivity index is 1.44. The van der Waals surface area contributed by atoms with Gasteiger partial charge in [0.1, 0.15) is 12.0 Å². The zero-order valence-corrected chi connectivity index (χ0v) is 22.2. The number of thiazole rings is 1. The molecular weight excluding hydrogens is 530 g/mol. The first kappa shape index (κ1) is 24.5. The van der Waals surface area contributed by atoms with Crippen LogP contribution in [-0.2, 0) is 16.0 Å². The van der Waals surface area contributed by atoms with Crippen molar-refractivity contribution in [1.29, 1.82) is 0 Å². The summed E-state index contributed by atoms with van der Waals surface area (Å²) in [6.45, 7) is 4.09. The summed E-state index contributed by atoms with van der Waals surface area (Å²) < 4.78 is 0.781. The van der Waals surface area contributed by atoms with E-state index in [2.05, 4.69) is 38.6 Å². The summed E-state index contributed by atoms with van der Waals surface area (Å²) in [6.07, 6.45) is 6.96. The minimum absolute atomic E-state index is 0.113. The van der Waals surface area contributed by atoms with Crippen LogP contribution in [0.3, 0.4) is 0 Å². The van der Waals surface area contributed by atoms with Gasteiger partial charge in [0.05, 0.1) is 10.2 Å². The number of aryl methyl sites for hydroxylation is 1. The van der Waals surface area contributed by atoms with E-state index >= 15 is 0 Å². The maximum atomic E-state index is 12.7. The molecule has 9 heteroatoms. The number of hydrogen-bond donors (Lipinski definition) is 4. The first-order valence-corrected chi connectivity index (χ1v) is 13.7. The van der Waals surface area contributed by atoms with Crippen LogP contribution in [0.25, 0.3) is 0 Å². The largest absolute Gasteiger partial charge is 0.507 e. The Labute approximate surface area is 217 Å². The van der Waals surface area contributed by atoms with Gasteiger partial charge in [0.25, 0.3) is 0 Å². The lowest BCUT2D eigenvalue weighted by molar-refractivity contribution is -0.116. The second-order valence-corrected chi connectivity index (χ2v) is 12.3. The fourth-order valence-electron chi connectivity index (χ4n) is 7.16. The lowest BCUT2D eigenvalue weighted by Gasteiger charge is -2.51. The maximum Gasteiger partial charge on any atom is 0.226 e. The van der Waals surface area contributed by atoms with Crippen LogP contribution in [0.4, 0.5) is 5.13 Å². The minimum atomic E-state index is -0.356. The van der Waals surface area contributed by atoms with Gasteiger partial charge in [-0.3, -0.25) is 20.3 Å². The van der Waals surface area contributed by atoms with E-state index in [1.54, 1.807) is 12.3 Å². The molecule has 1 heterocycles. The molecule has 1 aromatic carbocycles. The van der Waals surface area contributed by atoms with Gasteiger partial charge in [0.15, 0.2) is 5.13 Å². The van der Waals surface area contributed by atoms with Crippen LogP contribution >= 0.6 is 27.3 Å². The van der Waals surface area contributed by atoms with Crippen LogP contribution in [0.5, 0.6) is 5.75 Å². The Hall–Kier alpha value is -2.23. The molecule has 3 aliphatic carbocycles. The number of benzene rings is 1. The molecule has 5 unspecified atom stereocenters. The summed E-state index contributed by atoms with van der Waals surface area (Å²) in [7, 11) is 0. The van der Waals surface area contributed by atoms with Crippen molar-refractivity contribution in [3.8, 4) is 5.75 Å². The van der Waals surface area contributed by atoms with E-state index < -0.39 is 0 Å². The van der Waals surface area contributed by atoms with Crippen LogP contribution < -0.4 is 10.8 Å². The third-order valence-corrected chi connectivity index (χ3v) is 10.3. The molecule has 0 radical (unpaired) electrons. The number of phenolic OH excluding ortho intramolecular Hbond substituents is 1. The normalized spacial score (nSPS) is 29.3. The molecule has 5 atom stereocenters. The van der Waals surface area contributed by atoms with Gasteiger partial charge >= 0.3 is 0 Å². The van der Waals surface area contributed by atoms with Gasteiger partial charge in [-0.25, -0.2) is 4.98 Å². The SMILES string of the molecule is Cc1cnc(NC(=O)CCC2C(C=O)=C(NO)C3(C)CCC4c5ccc(O)c(Br)c5CCC4C23)s1. The molecule has 2 aromatic rings. The quantitative estimate of drug-likeness (QED) is 0.276. The van der Waals surface area contributed by atoms with Crippen LogP contribution in [0.1, 0.15) is 60.9 Å². The molecule has 1 fully saturated rings. The van der Waals surface area contributed by atoms with Gasteiger partial charge in [-0.1, -0.05) is 13.0 Å². The lowest BCUT2D eigenvalue weighted by atomic mass is 9.53. The Morgan fingerprint density at radius 1 is 1.37 bits per heavy atom. The molecule has 1 saturated carbocycles. The molecular formula is C26H30BrN3O4S. The van der Waals surface area contributed by atoms with E-state index in [1.165, 1.54) is 22.5 Å². The van der Waals surface area contributed by atoms with Crippen molar-refractivity contribution in [2.75, 3.05) is 5.32 Å². The highest BCUT2D eigenvalue weighted by molar-refractivity contribution is 9.10. The Bertz CT molecular complexity index is 1210. The van der Waals surface area contributed by atoms with E-state index in [0.717, 1.165) is 41.3 Å². The molecule has 0 bridgehead atoms. The van der Waals surface area contributed by atoms with Crippen molar-refractivity contribution >= 4 is 44.6 Å². The minimum Gasteiger partial charge on any atom is -0.507 e. The lowest BCUT2D eigenvalue weighted by Crippen LogP contribution is -2.45. The number of amides is 1. The van der Waals surface area contributed by atoms with Gasteiger partial charge in [0.2, 0.25) is 5.91 Å². The monoisotopic (exact) mass is 559 g/mol. The molecule has 0 spiro atoms. The highest BCUT2D eigenvalue weighted by Gasteiger charge is 2.58. The number of hydroxylamine groups is 1. The molecule has 35 heavy (non-hydrogen) atoms. The highest BCUT2D eigenvalue weighted by Crippen LogP contribution is 2.64. The number of halogens is 1. The van der Waals surface area contributed by atoms with Crippen LogP contribution in [-0.4, -0.2) is 27.5 Å². The molecule has 1 amide bonds. The molecule has 0 aliphatic heterocycles. The Morgan fingerprint density at radius 2 is 2.17 bits per heavy atom. The fourth-order valence-corrected chi connectivity index (χ4v) is 8.40. The smallest absolute Gasteiger partial charge is 0.226 e. The second-order valence-electron chi connectivity index (χ2n) is 10.3. The summed E-state index contributed by atoms with van der Waals surface area (Å²) in [4.78, 5) is 30.3. The van der Waals surface area contributed by atoms with Crippen LogP contribution in [0, 0.1) is 30.1 Å². The van der Waals surface area contributed by atoms with Gasteiger partial charge in [-0.2, -0.15) is 0 Å². The van der Waals surface area contributed by atoms with E-state index in [-0.39, 0.29) is 35.3 Å². The van der Waals surface area contributed by atoms with E-state index in [4.69, 9.17) is 0 Å². The van der Waals surface area contributed by atoms with Crippen molar-refractivity contribution in [3.05, 3.63) is 50.1 Å². The van der Waals surface area contributed by atoms with Crippen LogP contribution in [0.15, 0.2) is 34.1 Å². The van der Waals surface area contributed by atoms with Gasteiger partial charge in [-0.15, -0.1) is 11.3 Å². The first-order chi connectivity index (χ1) is 16.8. The van der Waals surface area contributed by atoms with Crippen molar-refractivity contribution in [2.45, 2.75) is 58.3 Å². The van der Waals surface area contributed by atoms with Crippen molar-refractivity contribution in [3.63, 3.8) is 0 Å². The molecule has 3 aliphatic rings. The predicted octanol–water partition coefficient (Wildman–Crippen LogP) is 5.46. The number of carbonyl (C=O) groups excluding carboxylic acids is 2. The standard InChI is InChI=1S/C26H30BrN3O4S/c1-13-11-28-25(35-13)29-21(33)8-6-17-19(12-31)24(30-34)26(2)10-9-15-14-5-7-20(32)23(27)18(14)4-3-16(15)22(17)26/h5,7,11-12,15-17,22,30,32,34H,3-4,6,8-10H2,1-2H3,(H,28,29,33). The summed E-state index contributed by atoms with van der Waals surface area (Å²) in [6, 6.07) is 3.80. The summed E-state index contributed by atoms with van der Waals surface area (Å²) in [5.74, 6) is 0.789. The summed E-state index contributed by atoms with van der Waals surface area (Å²) in [5, 5.41) is 23.8. The number of rotatable bonds is 6. The molecule has 0 saturated heterocycles. The third-order valence-electron chi connectivity index (χ3n) is 8.56. The van der Waals surface area contributed by atoms with E-state index in [0.29, 0.717) is 34.7 Å².